The number of esters is 1. The third-order valence-electron chi connectivity index (χ3n) is 7.26. The molecule has 170 valence electrons. The molecular formula is C28H46O2. The maximum Gasteiger partial charge on any atom is 0.339 e. The average Bonchev–Trinajstić information content (AvgIpc) is 2.73. The van der Waals surface area contributed by atoms with E-state index in [4.69, 9.17) is 4.74 Å². The van der Waals surface area contributed by atoms with Gasteiger partial charge in [-0.1, -0.05) is 73.6 Å². The minimum absolute atomic E-state index is 0. The van der Waals surface area contributed by atoms with Gasteiger partial charge in [0.15, 0.2) is 0 Å². The number of carbonyl (C=O) groups excluding carboxylic acids is 1. The van der Waals surface area contributed by atoms with Crippen molar-refractivity contribution in [3.05, 3.63) is 35.4 Å². The lowest BCUT2D eigenvalue weighted by molar-refractivity contribution is -0.176. The molecule has 0 aromatic heterocycles. The Labute approximate surface area is 186 Å². The molecule has 4 aliphatic carbocycles. The average molecular weight is 415 g/mol. The summed E-state index contributed by atoms with van der Waals surface area (Å²) in [4.78, 5) is 11.3. The number of fused-ring (bicyclic) bond motifs is 1. The second kappa shape index (κ2) is 7.99. The van der Waals surface area contributed by atoms with Gasteiger partial charge in [0, 0.05) is 5.56 Å². The first-order valence-corrected chi connectivity index (χ1v) is 11.6. The van der Waals surface area contributed by atoms with Gasteiger partial charge >= 0.3 is 5.97 Å². The Morgan fingerprint density at radius 3 is 1.40 bits per heavy atom. The van der Waals surface area contributed by atoms with Crippen LogP contribution in [0.25, 0.3) is 0 Å². The zero-order valence-electron chi connectivity index (χ0n) is 20.1. The summed E-state index contributed by atoms with van der Waals surface area (Å²) in [6.45, 7) is 18.3. The van der Waals surface area contributed by atoms with Gasteiger partial charge in [-0.15, -0.1) is 0 Å². The van der Waals surface area contributed by atoms with Gasteiger partial charge in [0.2, 0.25) is 0 Å². The van der Waals surface area contributed by atoms with Gasteiger partial charge in [0.1, 0.15) is 5.60 Å². The molecule has 4 saturated carbocycles. The highest BCUT2D eigenvalue weighted by Gasteiger charge is 2.62. The van der Waals surface area contributed by atoms with Gasteiger partial charge in [-0.25, -0.2) is 4.79 Å². The number of hydrogen-bond acceptors (Lipinski definition) is 2. The Bertz CT molecular complexity index is 679. The van der Waals surface area contributed by atoms with Crippen LogP contribution in [0.2, 0.25) is 0 Å². The quantitative estimate of drug-likeness (QED) is 0.397. The van der Waals surface area contributed by atoms with Crippen molar-refractivity contribution in [2.45, 2.75) is 113 Å². The van der Waals surface area contributed by atoms with Crippen molar-refractivity contribution in [3.8, 4) is 0 Å². The van der Waals surface area contributed by atoms with Crippen LogP contribution in [0.15, 0.2) is 24.3 Å². The first-order valence-electron chi connectivity index (χ1n) is 11.6. The van der Waals surface area contributed by atoms with Crippen molar-refractivity contribution < 1.29 is 9.53 Å². The molecule has 0 radical (unpaired) electrons. The Morgan fingerprint density at radius 1 is 0.733 bits per heavy atom. The van der Waals surface area contributed by atoms with Crippen molar-refractivity contribution in [3.63, 3.8) is 0 Å². The molecule has 2 nitrogen and oxygen atoms in total. The highest BCUT2D eigenvalue weighted by atomic mass is 16.6. The molecule has 5 aliphatic rings. The van der Waals surface area contributed by atoms with Crippen LogP contribution in [0.3, 0.4) is 0 Å². The van der Waals surface area contributed by atoms with Gasteiger partial charge in [0.25, 0.3) is 0 Å². The standard InChI is InChI=1S/C14H24.C10H10O2.C3H8.CH4/c1-11-5-12(2)8-13(3,6-11)10-14(4,7-11)9-12;1-10(2)8-6-4-3-5-7(8)9(11)12-10;1-3-2;/h5-10H2,1-4H3;3-6H,1-2H3;3H2,1-2H3;1H4. The van der Waals surface area contributed by atoms with E-state index in [0.29, 0.717) is 27.2 Å². The molecule has 1 aromatic rings. The molecule has 4 fully saturated rings. The molecule has 1 aliphatic heterocycles. The zero-order chi connectivity index (χ0) is 21.7. The third kappa shape index (κ3) is 4.78. The van der Waals surface area contributed by atoms with Crippen LogP contribution in [0, 0.1) is 21.7 Å². The molecule has 0 amide bonds. The molecule has 2 heteroatoms. The summed E-state index contributed by atoms with van der Waals surface area (Å²) >= 11 is 0. The molecular weight excluding hydrogens is 368 g/mol. The molecule has 6 rings (SSSR count). The van der Waals surface area contributed by atoms with Crippen LogP contribution in [0.5, 0.6) is 0 Å². The third-order valence-corrected chi connectivity index (χ3v) is 7.26. The summed E-state index contributed by atoms with van der Waals surface area (Å²) < 4.78 is 5.18. The SMILES string of the molecule is C.CC1(C)OC(=O)c2ccccc21.CC12CC3(C)CC(C)(C1)CC(C)(C2)C3.CCC. The van der Waals surface area contributed by atoms with Crippen LogP contribution in [-0.4, -0.2) is 5.97 Å². The van der Waals surface area contributed by atoms with Gasteiger partial charge in [-0.3, -0.25) is 0 Å². The molecule has 0 unspecified atom stereocenters. The molecule has 0 saturated heterocycles. The smallest absolute Gasteiger partial charge is 0.339 e. The normalized spacial score (nSPS) is 38.9. The van der Waals surface area contributed by atoms with Crippen molar-refractivity contribution in [2.24, 2.45) is 21.7 Å². The summed E-state index contributed by atoms with van der Waals surface area (Å²) in [5.74, 6) is -0.212. The van der Waals surface area contributed by atoms with E-state index in [9.17, 15) is 4.79 Å². The Balaban J connectivity index is 0.000000186. The largest absolute Gasteiger partial charge is 0.451 e. The molecule has 1 heterocycles. The van der Waals surface area contributed by atoms with Crippen molar-refractivity contribution in [1.29, 1.82) is 0 Å². The first-order chi connectivity index (χ1) is 13.3. The Kier molecular flexibility index (Phi) is 6.65. The molecule has 0 atom stereocenters. The Hall–Kier alpha value is -1.31. The van der Waals surface area contributed by atoms with Crippen LogP contribution in [-0.2, 0) is 10.3 Å². The van der Waals surface area contributed by atoms with E-state index in [1.807, 2.05) is 32.0 Å². The molecule has 0 N–H and O–H groups in total. The maximum absolute atomic E-state index is 11.3. The number of hydrogen-bond donors (Lipinski definition) is 0. The fourth-order valence-corrected chi connectivity index (χ4v) is 8.46. The van der Waals surface area contributed by atoms with Crippen molar-refractivity contribution in [1.82, 2.24) is 0 Å². The van der Waals surface area contributed by atoms with Crippen molar-refractivity contribution in [2.75, 3.05) is 0 Å². The molecule has 1 aromatic carbocycles. The van der Waals surface area contributed by atoms with E-state index in [1.54, 1.807) is 6.07 Å². The highest BCUT2D eigenvalue weighted by molar-refractivity contribution is 5.94. The van der Waals surface area contributed by atoms with Gasteiger partial charge in [-0.2, -0.15) is 0 Å². The molecule has 30 heavy (non-hydrogen) atoms. The van der Waals surface area contributed by atoms with Crippen molar-refractivity contribution >= 4 is 5.97 Å². The minimum Gasteiger partial charge on any atom is -0.451 e. The second-order valence-corrected chi connectivity index (χ2v) is 12.5. The van der Waals surface area contributed by atoms with Gasteiger partial charge in [-0.05, 0) is 80.1 Å². The highest BCUT2D eigenvalue weighted by Crippen LogP contribution is 2.73. The summed E-state index contributed by atoms with van der Waals surface area (Å²) in [5, 5.41) is 0. The fourth-order valence-electron chi connectivity index (χ4n) is 8.46. The lowest BCUT2D eigenvalue weighted by atomic mass is 9.37. The number of cyclic esters (lactones) is 1. The van der Waals surface area contributed by atoms with E-state index < -0.39 is 5.60 Å². The monoisotopic (exact) mass is 414 g/mol. The summed E-state index contributed by atoms with van der Waals surface area (Å²) in [6, 6.07) is 7.50. The minimum atomic E-state index is -0.451. The van der Waals surface area contributed by atoms with Crippen LogP contribution in [0.1, 0.15) is 124 Å². The number of ether oxygens (including phenoxy) is 1. The summed E-state index contributed by atoms with van der Waals surface area (Å²) in [7, 11) is 0. The van der Waals surface area contributed by atoms with Crippen LogP contribution >= 0.6 is 0 Å². The van der Waals surface area contributed by atoms with Crippen LogP contribution < -0.4 is 0 Å². The van der Waals surface area contributed by atoms with Crippen LogP contribution in [0.4, 0.5) is 0 Å². The van der Waals surface area contributed by atoms with Gasteiger partial charge < -0.3 is 4.74 Å². The second-order valence-electron chi connectivity index (χ2n) is 12.5. The Morgan fingerprint density at radius 2 is 1.07 bits per heavy atom. The lowest BCUT2D eigenvalue weighted by Gasteiger charge is -2.68. The zero-order valence-corrected chi connectivity index (χ0v) is 20.1. The summed E-state index contributed by atoms with van der Waals surface area (Å²) in [6.07, 6.45) is 10.3. The topological polar surface area (TPSA) is 26.3 Å². The molecule has 0 spiro atoms. The number of carbonyl (C=O) groups is 1. The predicted molar refractivity (Wildman–Crippen MR) is 128 cm³/mol. The number of rotatable bonds is 0. The van der Waals surface area contributed by atoms with E-state index >= 15 is 0 Å². The molecule has 4 bridgehead atoms. The maximum atomic E-state index is 11.3. The van der Waals surface area contributed by atoms with Gasteiger partial charge in [0.05, 0.1) is 5.56 Å². The fraction of sp³-hybridized carbons (Fsp3) is 0.750. The van der Waals surface area contributed by atoms with E-state index in [-0.39, 0.29) is 13.4 Å². The van der Waals surface area contributed by atoms with E-state index in [0.717, 1.165) is 5.56 Å². The lowest BCUT2D eigenvalue weighted by Crippen LogP contribution is -2.57. The number of benzene rings is 1. The van der Waals surface area contributed by atoms with E-state index in [2.05, 4.69) is 41.5 Å². The summed E-state index contributed by atoms with van der Waals surface area (Å²) in [5.41, 5.74) is 3.98. The van der Waals surface area contributed by atoms with E-state index in [1.165, 1.54) is 44.9 Å². The first kappa shape index (κ1) is 25.0. The predicted octanol–water partition coefficient (Wildman–Crippen LogP) is 8.54.